The number of aromatic nitrogens is 4. The van der Waals surface area contributed by atoms with Gasteiger partial charge in [0.1, 0.15) is 11.3 Å². The lowest BCUT2D eigenvalue weighted by Gasteiger charge is -2.26. The number of H-pyrrole nitrogens is 2. The molecule has 5 nitrogen and oxygen atoms in total. The van der Waals surface area contributed by atoms with Gasteiger partial charge >= 0.3 is 0 Å². The minimum Gasteiger partial charge on any atom is -0.354 e. The third kappa shape index (κ3) is 2.69. The summed E-state index contributed by atoms with van der Waals surface area (Å²) < 4.78 is 0. The van der Waals surface area contributed by atoms with Crippen molar-refractivity contribution in [3.05, 3.63) is 47.9 Å². The Morgan fingerprint density at radius 2 is 1.96 bits per heavy atom. The van der Waals surface area contributed by atoms with E-state index in [0.717, 1.165) is 34.8 Å². The van der Waals surface area contributed by atoms with Crippen LogP contribution in [-0.4, -0.2) is 37.9 Å². The Balaban J connectivity index is 1.58. The first-order chi connectivity index (χ1) is 12.8. The summed E-state index contributed by atoms with van der Waals surface area (Å²) in [5.74, 6) is 0.891. The van der Waals surface area contributed by atoms with Crippen LogP contribution in [0.4, 0.5) is 0 Å². The van der Waals surface area contributed by atoms with Crippen molar-refractivity contribution in [3.8, 4) is 11.3 Å². The lowest BCUT2D eigenvalue weighted by molar-refractivity contribution is 0.221. The molecule has 4 aromatic rings. The summed E-state index contributed by atoms with van der Waals surface area (Å²) in [5.41, 5.74) is 6.55. The molecule has 1 aliphatic rings. The van der Waals surface area contributed by atoms with Gasteiger partial charge in [-0.1, -0.05) is 18.6 Å². The van der Waals surface area contributed by atoms with E-state index in [1.165, 1.54) is 48.8 Å². The Morgan fingerprint density at radius 3 is 2.85 bits per heavy atom. The predicted molar refractivity (Wildman–Crippen MR) is 105 cm³/mol. The number of likely N-dealkylation sites (tertiary alicyclic amines) is 1. The van der Waals surface area contributed by atoms with Crippen molar-refractivity contribution in [2.45, 2.75) is 32.7 Å². The van der Waals surface area contributed by atoms with Gasteiger partial charge in [-0.15, -0.1) is 0 Å². The number of piperidine rings is 1. The number of rotatable bonds is 3. The second kappa shape index (κ2) is 6.25. The largest absolute Gasteiger partial charge is 0.354 e. The molecule has 5 rings (SSSR count). The van der Waals surface area contributed by atoms with Crippen LogP contribution in [0.15, 0.2) is 36.5 Å². The monoisotopic (exact) mass is 345 g/mol. The highest BCUT2D eigenvalue weighted by atomic mass is 15.1. The van der Waals surface area contributed by atoms with Crippen molar-refractivity contribution in [2.24, 2.45) is 0 Å². The van der Waals surface area contributed by atoms with Crippen LogP contribution in [0.5, 0.6) is 0 Å². The highest BCUT2D eigenvalue weighted by Crippen LogP contribution is 2.30. The molecule has 1 fully saturated rings. The van der Waals surface area contributed by atoms with Gasteiger partial charge in [0.2, 0.25) is 0 Å². The average molecular weight is 345 g/mol. The zero-order chi connectivity index (χ0) is 17.5. The fraction of sp³-hybridized carbons (Fsp3) is 0.333. The Labute approximate surface area is 152 Å². The molecule has 0 aliphatic carbocycles. The summed E-state index contributed by atoms with van der Waals surface area (Å²) in [4.78, 5) is 18.4. The summed E-state index contributed by atoms with van der Waals surface area (Å²) in [6.07, 6.45) is 5.86. The number of nitrogens with one attached hydrogen (secondary N) is 2. The first kappa shape index (κ1) is 15.6. The number of aromatic amines is 2. The molecule has 1 saturated heterocycles. The number of aryl methyl sites for hydroxylation is 1. The first-order valence-corrected chi connectivity index (χ1v) is 9.42. The van der Waals surface area contributed by atoms with Crippen LogP contribution in [-0.2, 0) is 6.54 Å². The molecule has 1 aliphatic heterocycles. The fourth-order valence-electron chi connectivity index (χ4n) is 4.10. The van der Waals surface area contributed by atoms with Gasteiger partial charge in [-0.25, -0.2) is 9.97 Å². The summed E-state index contributed by atoms with van der Waals surface area (Å²) in [6.45, 7) is 5.42. The maximum Gasteiger partial charge on any atom is 0.158 e. The van der Waals surface area contributed by atoms with Crippen molar-refractivity contribution in [1.82, 2.24) is 24.8 Å². The topological polar surface area (TPSA) is 60.6 Å². The zero-order valence-corrected chi connectivity index (χ0v) is 15.0. The van der Waals surface area contributed by atoms with Gasteiger partial charge < -0.3 is 9.97 Å². The highest BCUT2D eigenvalue weighted by molar-refractivity contribution is 5.94. The van der Waals surface area contributed by atoms with Crippen LogP contribution < -0.4 is 0 Å². The molecule has 132 valence electrons. The molecule has 0 saturated carbocycles. The van der Waals surface area contributed by atoms with Gasteiger partial charge in [0.05, 0.1) is 0 Å². The maximum atomic E-state index is 4.63. The SMILES string of the molecule is Cc1nc2c(-c3cc4c(CN5CCCCC5)cccc4[nH]3)ccnc2[nH]1. The van der Waals surface area contributed by atoms with E-state index in [9.17, 15) is 0 Å². The number of pyridine rings is 1. The Morgan fingerprint density at radius 1 is 1.08 bits per heavy atom. The van der Waals surface area contributed by atoms with Crippen molar-refractivity contribution < 1.29 is 0 Å². The molecule has 4 heterocycles. The van der Waals surface area contributed by atoms with E-state index in [1.807, 2.05) is 19.2 Å². The Kier molecular flexibility index (Phi) is 3.75. The lowest BCUT2D eigenvalue weighted by atomic mass is 10.1. The number of benzene rings is 1. The second-order valence-electron chi connectivity index (χ2n) is 7.28. The van der Waals surface area contributed by atoms with Crippen molar-refractivity contribution in [3.63, 3.8) is 0 Å². The van der Waals surface area contributed by atoms with Gasteiger partial charge in [-0.05, 0) is 56.6 Å². The maximum absolute atomic E-state index is 4.63. The van der Waals surface area contributed by atoms with Gasteiger partial charge in [-0.2, -0.15) is 0 Å². The van der Waals surface area contributed by atoms with E-state index in [0.29, 0.717) is 0 Å². The van der Waals surface area contributed by atoms with Crippen LogP contribution in [0, 0.1) is 6.92 Å². The Bertz CT molecular complexity index is 1070. The van der Waals surface area contributed by atoms with Crippen LogP contribution in [0.2, 0.25) is 0 Å². The molecule has 5 heteroatoms. The van der Waals surface area contributed by atoms with Gasteiger partial charge in [0.15, 0.2) is 5.65 Å². The highest BCUT2D eigenvalue weighted by Gasteiger charge is 2.15. The van der Waals surface area contributed by atoms with Crippen LogP contribution >= 0.6 is 0 Å². The van der Waals surface area contributed by atoms with E-state index >= 15 is 0 Å². The predicted octanol–water partition coefficient (Wildman–Crippen LogP) is 4.40. The molecule has 26 heavy (non-hydrogen) atoms. The molecule has 0 radical (unpaired) electrons. The minimum atomic E-state index is 0.840. The van der Waals surface area contributed by atoms with Crippen LogP contribution in [0.1, 0.15) is 30.7 Å². The third-order valence-corrected chi connectivity index (χ3v) is 5.39. The van der Waals surface area contributed by atoms with Gasteiger partial charge in [0.25, 0.3) is 0 Å². The number of fused-ring (bicyclic) bond motifs is 2. The van der Waals surface area contributed by atoms with Gasteiger partial charge in [0, 0.05) is 34.9 Å². The molecular formula is C21H23N5. The number of imidazole rings is 1. The fourth-order valence-corrected chi connectivity index (χ4v) is 4.10. The smallest absolute Gasteiger partial charge is 0.158 e. The van der Waals surface area contributed by atoms with E-state index in [1.54, 1.807) is 0 Å². The van der Waals surface area contributed by atoms with Crippen LogP contribution in [0.3, 0.4) is 0 Å². The molecular weight excluding hydrogens is 322 g/mol. The first-order valence-electron chi connectivity index (χ1n) is 9.42. The molecule has 0 atom stereocenters. The standard InChI is InChI=1S/C21H23N5/c1-14-23-20-16(8-9-22-21(20)24-14)19-12-17-15(6-5-7-18(17)25-19)13-26-10-3-2-4-11-26/h5-9,12,25H,2-4,10-11,13H2,1H3,(H,22,23,24). The lowest BCUT2D eigenvalue weighted by Crippen LogP contribution is -2.29. The summed E-state index contributed by atoms with van der Waals surface area (Å²) >= 11 is 0. The second-order valence-corrected chi connectivity index (χ2v) is 7.28. The van der Waals surface area contributed by atoms with Crippen molar-refractivity contribution >= 4 is 22.1 Å². The van der Waals surface area contributed by atoms with Gasteiger partial charge in [-0.3, -0.25) is 4.90 Å². The summed E-state index contributed by atoms with van der Waals surface area (Å²) in [6, 6.07) is 10.9. The molecule has 0 bridgehead atoms. The third-order valence-electron chi connectivity index (χ3n) is 5.39. The van der Waals surface area contributed by atoms with E-state index < -0.39 is 0 Å². The quantitative estimate of drug-likeness (QED) is 0.578. The number of hydrogen-bond acceptors (Lipinski definition) is 3. The normalized spacial score (nSPS) is 15.9. The molecule has 0 spiro atoms. The summed E-state index contributed by atoms with van der Waals surface area (Å²) in [7, 11) is 0. The molecule has 0 unspecified atom stereocenters. The number of nitrogens with zero attached hydrogens (tertiary/aromatic N) is 3. The number of hydrogen-bond donors (Lipinski definition) is 2. The van der Waals surface area contributed by atoms with E-state index in [4.69, 9.17) is 0 Å². The average Bonchev–Trinajstić information content (AvgIpc) is 3.25. The van der Waals surface area contributed by atoms with E-state index in [-0.39, 0.29) is 0 Å². The molecule has 3 aromatic heterocycles. The minimum absolute atomic E-state index is 0.840. The van der Waals surface area contributed by atoms with Crippen molar-refractivity contribution in [1.29, 1.82) is 0 Å². The Hall–Kier alpha value is -2.66. The summed E-state index contributed by atoms with van der Waals surface area (Å²) in [5, 5.41) is 1.31. The molecule has 2 N–H and O–H groups in total. The molecule has 1 aromatic carbocycles. The molecule has 0 amide bonds. The van der Waals surface area contributed by atoms with Crippen LogP contribution in [0.25, 0.3) is 33.3 Å². The zero-order valence-electron chi connectivity index (χ0n) is 15.0. The van der Waals surface area contributed by atoms with E-state index in [2.05, 4.69) is 49.1 Å². The van der Waals surface area contributed by atoms with Crippen molar-refractivity contribution in [2.75, 3.05) is 13.1 Å².